The molecular weight excluding hydrogens is 436 g/mol. The molecule has 1 amide bonds. The molecule has 0 unspecified atom stereocenters. The standard InChI is InChI=1S/C26H28N2O4S/c1-26(2,3)33(30,31)27-25(29)23-18-20-11-5-7-14-22(20)28(23)16-9-17-32-24-15-8-12-19-10-4-6-13-21(19)24/h4-8,10-15,18H,9,16-17H2,1-3H3,(H,27,29). The average Bonchev–Trinajstić information content (AvgIpc) is 3.14. The summed E-state index contributed by atoms with van der Waals surface area (Å²) in [5, 5.41) is 3.05. The average molecular weight is 465 g/mol. The summed E-state index contributed by atoms with van der Waals surface area (Å²) < 4.78 is 34.1. The summed E-state index contributed by atoms with van der Waals surface area (Å²) in [5.74, 6) is 0.191. The molecular formula is C26H28N2O4S. The molecule has 3 aromatic carbocycles. The normalized spacial score (nSPS) is 12.2. The molecule has 6 nitrogen and oxygen atoms in total. The maximum atomic E-state index is 13.0. The lowest BCUT2D eigenvalue weighted by atomic mass is 10.1. The number of aryl methyl sites for hydroxylation is 1. The number of para-hydroxylation sites is 1. The number of hydrogen-bond acceptors (Lipinski definition) is 4. The number of nitrogens with one attached hydrogen (secondary N) is 1. The number of amides is 1. The van der Waals surface area contributed by atoms with Crippen molar-refractivity contribution in [1.82, 2.24) is 9.29 Å². The molecule has 0 aliphatic heterocycles. The van der Waals surface area contributed by atoms with E-state index in [1.165, 1.54) is 0 Å². The van der Waals surface area contributed by atoms with E-state index >= 15 is 0 Å². The van der Waals surface area contributed by atoms with E-state index in [0.29, 0.717) is 25.3 Å². The number of aromatic nitrogens is 1. The van der Waals surface area contributed by atoms with Crippen molar-refractivity contribution >= 4 is 37.6 Å². The Labute approximate surface area is 194 Å². The van der Waals surface area contributed by atoms with Crippen LogP contribution >= 0.6 is 0 Å². The van der Waals surface area contributed by atoms with E-state index in [0.717, 1.165) is 27.4 Å². The largest absolute Gasteiger partial charge is 0.493 e. The summed E-state index contributed by atoms with van der Waals surface area (Å²) in [6.07, 6.45) is 0.647. The monoisotopic (exact) mass is 464 g/mol. The van der Waals surface area contributed by atoms with Crippen LogP contribution in [0.1, 0.15) is 37.7 Å². The first-order chi connectivity index (χ1) is 15.7. The van der Waals surface area contributed by atoms with Crippen molar-refractivity contribution < 1.29 is 17.9 Å². The van der Waals surface area contributed by atoms with Crippen molar-refractivity contribution in [2.45, 2.75) is 38.5 Å². The van der Waals surface area contributed by atoms with E-state index in [-0.39, 0.29) is 0 Å². The predicted octanol–water partition coefficient (Wildman–Crippen LogP) is 5.12. The highest BCUT2D eigenvalue weighted by atomic mass is 32.2. The van der Waals surface area contributed by atoms with Crippen molar-refractivity contribution in [3.63, 3.8) is 0 Å². The summed E-state index contributed by atoms with van der Waals surface area (Å²) in [4.78, 5) is 13.0. The minimum absolute atomic E-state index is 0.314. The second kappa shape index (κ2) is 8.90. The number of fused-ring (bicyclic) bond motifs is 2. The van der Waals surface area contributed by atoms with Gasteiger partial charge in [-0.15, -0.1) is 0 Å². The molecule has 1 N–H and O–H groups in total. The Kier molecular flexibility index (Phi) is 6.17. The van der Waals surface area contributed by atoms with Crippen molar-refractivity contribution in [3.05, 3.63) is 78.5 Å². The number of carbonyl (C=O) groups is 1. The smallest absolute Gasteiger partial charge is 0.281 e. The Morgan fingerprint density at radius 2 is 1.61 bits per heavy atom. The lowest BCUT2D eigenvalue weighted by molar-refractivity contribution is 0.0971. The third-order valence-corrected chi connectivity index (χ3v) is 7.68. The van der Waals surface area contributed by atoms with Gasteiger partial charge in [0.1, 0.15) is 11.4 Å². The Balaban J connectivity index is 1.53. The minimum Gasteiger partial charge on any atom is -0.493 e. The van der Waals surface area contributed by atoms with Gasteiger partial charge in [0.2, 0.25) is 10.0 Å². The van der Waals surface area contributed by atoms with Crippen LogP contribution in [0.15, 0.2) is 72.8 Å². The van der Waals surface area contributed by atoms with Crippen LogP contribution in [-0.2, 0) is 16.6 Å². The van der Waals surface area contributed by atoms with Crippen LogP contribution in [0.3, 0.4) is 0 Å². The first-order valence-electron chi connectivity index (χ1n) is 10.9. The first kappa shape index (κ1) is 22.9. The van der Waals surface area contributed by atoms with E-state index in [4.69, 9.17) is 4.74 Å². The SMILES string of the molecule is CC(C)(C)S(=O)(=O)NC(=O)c1cc2ccccc2n1CCCOc1cccc2ccccc12. The molecule has 0 aliphatic carbocycles. The topological polar surface area (TPSA) is 77.4 Å². The molecule has 4 aromatic rings. The fourth-order valence-electron chi connectivity index (χ4n) is 3.69. The molecule has 4 rings (SSSR count). The molecule has 172 valence electrons. The highest BCUT2D eigenvalue weighted by molar-refractivity contribution is 7.91. The van der Waals surface area contributed by atoms with Gasteiger partial charge >= 0.3 is 0 Å². The molecule has 7 heteroatoms. The summed E-state index contributed by atoms with van der Waals surface area (Å²) in [7, 11) is -3.82. The van der Waals surface area contributed by atoms with Gasteiger partial charge in [0, 0.05) is 22.8 Å². The Hall–Kier alpha value is -3.32. The van der Waals surface area contributed by atoms with E-state index < -0.39 is 20.7 Å². The number of benzene rings is 3. The van der Waals surface area contributed by atoms with Crippen LogP contribution in [0.25, 0.3) is 21.7 Å². The third kappa shape index (κ3) is 4.73. The van der Waals surface area contributed by atoms with E-state index in [9.17, 15) is 13.2 Å². The molecule has 0 bridgehead atoms. The zero-order chi connectivity index (χ0) is 23.6. The Bertz CT molecular complexity index is 1410. The Morgan fingerprint density at radius 1 is 0.939 bits per heavy atom. The summed E-state index contributed by atoms with van der Waals surface area (Å²) >= 11 is 0. The molecule has 0 saturated heterocycles. The van der Waals surface area contributed by atoms with Crippen molar-refractivity contribution in [1.29, 1.82) is 0 Å². The molecule has 1 heterocycles. The van der Waals surface area contributed by atoms with Gasteiger partial charge in [-0.1, -0.05) is 54.6 Å². The number of rotatable bonds is 7. The molecule has 1 aromatic heterocycles. The quantitative estimate of drug-likeness (QED) is 0.385. The second-order valence-electron chi connectivity index (χ2n) is 8.97. The van der Waals surface area contributed by atoms with Crippen molar-refractivity contribution in [2.24, 2.45) is 0 Å². The number of carbonyl (C=O) groups excluding carboxylic acids is 1. The zero-order valence-corrected chi connectivity index (χ0v) is 19.9. The summed E-state index contributed by atoms with van der Waals surface area (Å²) in [6, 6.07) is 23.4. The predicted molar refractivity (Wildman–Crippen MR) is 132 cm³/mol. The van der Waals surface area contributed by atoms with Crippen molar-refractivity contribution in [2.75, 3.05) is 6.61 Å². The number of sulfonamides is 1. The lowest BCUT2D eigenvalue weighted by Gasteiger charge is -2.20. The first-order valence-corrected chi connectivity index (χ1v) is 12.4. The summed E-state index contributed by atoms with van der Waals surface area (Å²) in [5.41, 5.74) is 1.19. The maximum Gasteiger partial charge on any atom is 0.281 e. The van der Waals surface area contributed by atoms with E-state index in [1.807, 2.05) is 71.3 Å². The van der Waals surface area contributed by atoms with Gasteiger partial charge in [0.25, 0.3) is 5.91 Å². The molecule has 0 fully saturated rings. The van der Waals surface area contributed by atoms with Gasteiger partial charge < -0.3 is 9.30 Å². The van der Waals surface area contributed by atoms with Gasteiger partial charge in [-0.3, -0.25) is 4.79 Å². The highest BCUT2D eigenvalue weighted by Crippen LogP contribution is 2.26. The van der Waals surface area contributed by atoms with Gasteiger partial charge in [0.05, 0.1) is 11.4 Å². The molecule has 0 atom stereocenters. The molecule has 0 aliphatic rings. The third-order valence-electron chi connectivity index (χ3n) is 5.61. The summed E-state index contributed by atoms with van der Waals surface area (Å²) in [6.45, 7) is 5.65. The fourth-order valence-corrected chi connectivity index (χ4v) is 4.35. The minimum atomic E-state index is -3.82. The molecule has 0 radical (unpaired) electrons. The number of ether oxygens (including phenoxy) is 1. The van der Waals surface area contributed by atoms with E-state index in [1.54, 1.807) is 26.8 Å². The zero-order valence-electron chi connectivity index (χ0n) is 19.0. The number of hydrogen-bond donors (Lipinski definition) is 1. The van der Waals surface area contributed by atoms with Crippen LogP contribution in [0, 0.1) is 0 Å². The Morgan fingerprint density at radius 3 is 2.36 bits per heavy atom. The van der Waals surface area contributed by atoms with Crippen LogP contribution in [0.4, 0.5) is 0 Å². The molecule has 0 spiro atoms. The highest BCUT2D eigenvalue weighted by Gasteiger charge is 2.32. The van der Waals surface area contributed by atoms with Crippen LogP contribution in [0.2, 0.25) is 0 Å². The van der Waals surface area contributed by atoms with Crippen LogP contribution < -0.4 is 9.46 Å². The molecule has 0 saturated carbocycles. The molecule has 33 heavy (non-hydrogen) atoms. The van der Waals surface area contributed by atoms with Crippen molar-refractivity contribution in [3.8, 4) is 5.75 Å². The van der Waals surface area contributed by atoms with E-state index in [2.05, 4.69) is 4.72 Å². The maximum absolute atomic E-state index is 13.0. The van der Waals surface area contributed by atoms with Crippen LogP contribution in [0.5, 0.6) is 5.75 Å². The number of nitrogens with zero attached hydrogens (tertiary/aromatic N) is 1. The fraction of sp³-hybridized carbons (Fsp3) is 0.269. The lowest BCUT2D eigenvalue weighted by Crippen LogP contribution is -2.43. The van der Waals surface area contributed by atoms with Crippen LogP contribution in [-0.4, -0.2) is 30.2 Å². The van der Waals surface area contributed by atoms with Gasteiger partial charge in [-0.25, -0.2) is 13.1 Å². The second-order valence-corrected chi connectivity index (χ2v) is 11.4. The van der Waals surface area contributed by atoms with Gasteiger partial charge in [-0.2, -0.15) is 0 Å². The van der Waals surface area contributed by atoms with Gasteiger partial charge in [-0.05, 0) is 50.8 Å². The van der Waals surface area contributed by atoms with Gasteiger partial charge in [0.15, 0.2) is 0 Å².